The summed E-state index contributed by atoms with van der Waals surface area (Å²) in [7, 11) is 1.57. The van der Waals surface area contributed by atoms with Gasteiger partial charge >= 0.3 is 5.69 Å². The Kier molecular flexibility index (Phi) is 8.88. The Balaban J connectivity index is 0.991. The van der Waals surface area contributed by atoms with Gasteiger partial charge in [-0.3, -0.25) is 0 Å². The van der Waals surface area contributed by atoms with Gasteiger partial charge in [0.1, 0.15) is 36.4 Å². The quantitative estimate of drug-likeness (QED) is 0.248. The molecule has 0 aliphatic carbocycles. The molecule has 2 aliphatic rings. The zero-order valence-electron chi connectivity index (χ0n) is 25.6. The minimum atomic E-state index is -1.30. The molecular formula is C33H37F2N5O5. The van der Waals surface area contributed by atoms with E-state index < -0.39 is 23.5 Å². The average molecular weight is 622 g/mol. The Labute approximate surface area is 260 Å². The van der Waals surface area contributed by atoms with E-state index in [1.165, 1.54) is 27.7 Å². The molecule has 0 spiro atoms. The summed E-state index contributed by atoms with van der Waals surface area (Å²) >= 11 is 0. The largest absolute Gasteiger partial charge is 0.491 e. The highest BCUT2D eigenvalue weighted by Crippen LogP contribution is 2.36. The highest BCUT2D eigenvalue weighted by Gasteiger charge is 2.41. The van der Waals surface area contributed by atoms with Crippen molar-refractivity contribution in [1.82, 2.24) is 14.3 Å². The van der Waals surface area contributed by atoms with Crippen LogP contribution in [0.1, 0.15) is 32.1 Å². The average Bonchev–Trinajstić information content (AvgIpc) is 3.63. The smallest absolute Gasteiger partial charge is 0.352 e. The number of rotatable bonds is 10. The Morgan fingerprint density at radius 2 is 1.58 bits per heavy atom. The maximum absolute atomic E-state index is 14.3. The second-order valence-corrected chi connectivity index (χ2v) is 11.2. The van der Waals surface area contributed by atoms with Crippen molar-refractivity contribution in [3.8, 4) is 11.4 Å². The number of piperazine rings is 1. The lowest BCUT2D eigenvalue weighted by atomic mass is 10.1. The third kappa shape index (κ3) is 6.44. The minimum absolute atomic E-state index is 0.154. The van der Waals surface area contributed by atoms with Gasteiger partial charge in [0, 0.05) is 56.3 Å². The Morgan fingerprint density at radius 3 is 2.18 bits per heavy atom. The van der Waals surface area contributed by atoms with Crippen molar-refractivity contribution in [3.63, 3.8) is 0 Å². The van der Waals surface area contributed by atoms with Crippen LogP contribution in [0, 0.1) is 11.6 Å². The molecule has 238 valence electrons. The van der Waals surface area contributed by atoms with Crippen molar-refractivity contribution < 1.29 is 27.7 Å². The van der Waals surface area contributed by atoms with Crippen LogP contribution in [-0.4, -0.2) is 67.0 Å². The summed E-state index contributed by atoms with van der Waals surface area (Å²) in [5.74, 6) is -1.96. The SMILES string of the molecule is CCC(OC)n1ncn(-c2ccc(N3CCN(c4ccc(OCC5COC(C)(c6ccc(F)cc6F)O5)cc4)CC3)cc2)c1=O. The molecule has 4 aromatic rings. The van der Waals surface area contributed by atoms with Crippen LogP contribution in [0.4, 0.5) is 20.2 Å². The number of nitrogens with zero attached hydrogens (tertiary/aromatic N) is 5. The molecule has 0 bridgehead atoms. The molecule has 6 rings (SSSR count). The topological polar surface area (TPSA) is 83.2 Å². The molecule has 3 heterocycles. The normalized spacial score (nSPS) is 20.9. The van der Waals surface area contributed by atoms with Gasteiger partial charge < -0.3 is 28.7 Å². The zero-order chi connectivity index (χ0) is 31.6. The van der Waals surface area contributed by atoms with Crippen molar-refractivity contribution in [1.29, 1.82) is 0 Å². The van der Waals surface area contributed by atoms with E-state index in [4.69, 9.17) is 18.9 Å². The summed E-state index contributed by atoms with van der Waals surface area (Å²) in [6, 6.07) is 19.2. The van der Waals surface area contributed by atoms with Gasteiger partial charge in [-0.05, 0) is 74.0 Å². The van der Waals surface area contributed by atoms with Gasteiger partial charge in [-0.2, -0.15) is 9.78 Å². The summed E-state index contributed by atoms with van der Waals surface area (Å²) in [5, 5.41) is 4.22. The van der Waals surface area contributed by atoms with Gasteiger partial charge in [-0.15, -0.1) is 0 Å². The first kappa shape index (κ1) is 30.8. The number of hydrogen-bond acceptors (Lipinski definition) is 8. The van der Waals surface area contributed by atoms with E-state index >= 15 is 0 Å². The molecule has 0 radical (unpaired) electrons. The predicted octanol–water partition coefficient (Wildman–Crippen LogP) is 4.86. The maximum atomic E-state index is 14.3. The summed E-state index contributed by atoms with van der Waals surface area (Å²) in [5.41, 5.74) is 2.88. The van der Waals surface area contributed by atoms with Crippen LogP contribution >= 0.6 is 0 Å². The van der Waals surface area contributed by atoms with E-state index in [2.05, 4.69) is 14.9 Å². The lowest BCUT2D eigenvalue weighted by molar-refractivity contribution is -0.166. The van der Waals surface area contributed by atoms with Crippen molar-refractivity contribution in [2.75, 3.05) is 56.3 Å². The fraction of sp³-hybridized carbons (Fsp3) is 0.394. The van der Waals surface area contributed by atoms with Crippen molar-refractivity contribution in [3.05, 3.63) is 101 Å². The molecule has 2 saturated heterocycles. The molecule has 0 N–H and O–H groups in total. The number of halogens is 2. The number of ether oxygens (including phenoxy) is 4. The Hall–Kier alpha value is -4.26. The van der Waals surface area contributed by atoms with Crippen LogP contribution < -0.4 is 20.2 Å². The third-order valence-corrected chi connectivity index (χ3v) is 8.35. The van der Waals surface area contributed by atoms with Gasteiger partial charge in [0.15, 0.2) is 12.0 Å². The second-order valence-electron chi connectivity index (χ2n) is 11.2. The van der Waals surface area contributed by atoms with Crippen LogP contribution in [-0.2, 0) is 20.0 Å². The van der Waals surface area contributed by atoms with E-state index in [1.54, 1.807) is 14.0 Å². The lowest BCUT2D eigenvalue weighted by Crippen LogP contribution is -2.46. The van der Waals surface area contributed by atoms with Gasteiger partial charge in [0.2, 0.25) is 0 Å². The van der Waals surface area contributed by atoms with Crippen molar-refractivity contribution in [2.24, 2.45) is 0 Å². The van der Waals surface area contributed by atoms with Crippen LogP contribution in [0.3, 0.4) is 0 Å². The van der Waals surface area contributed by atoms with E-state index in [0.717, 1.165) is 49.3 Å². The molecule has 1 aromatic heterocycles. The highest BCUT2D eigenvalue weighted by molar-refractivity contribution is 5.54. The summed E-state index contributed by atoms with van der Waals surface area (Å²) in [6.45, 7) is 7.46. The molecule has 2 fully saturated rings. The predicted molar refractivity (Wildman–Crippen MR) is 165 cm³/mol. The third-order valence-electron chi connectivity index (χ3n) is 8.35. The zero-order valence-corrected chi connectivity index (χ0v) is 25.6. The fourth-order valence-corrected chi connectivity index (χ4v) is 5.84. The maximum Gasteiger partial charge on any atom is 0.352 e. The monoisotopic (exact) mass is 621 g/mol. The lowest BCUT2D eigenvalue weighted by Gasteiger charge is -2.37. The van der Waals surface area contributed by atoms with Crippen molar-refractivity contribution >= 4 is 11.4 Å². The Morgan fingerprint density at radius 1 is 0.956 bits per heavy atom. The van der Waals surface area contributed by atoms with Gasteiger partial charge in [-0.25, -0.2) is 18.1 Å². The van der Waals surface area contributed by atoms with E-state index in [9.17, 15) is 13.6 Å². The first-order valence-corrected chi connectivity index (χ1v) is 15.1. The van der Waals surface area contributed by atoms with Crippen LogP contribution in [0.5, 0.6) is 5.75 Å². The second kappa shape index (κ2) is 13.0. The molecule has 3 atom stereocenters. The molecule has 3 aromatic carbocycles. The first-order valence-electron chi connectivity index (χ1n) is 15.1. The number of aromatic nitrogens is 3. The van der Waals surface area contributed by atoms with E-state index in [0.29, 0.717) is 12.2 Å². The number of hydrogen-bond donors (Lipinski definition) is 0. The van der Waals surface area contributed by atoms with E-state index in [-0.39, 0.29) is 30.7 Å². The van der Waals surface area contributed by atoms with Crippen LogP contribution in [0.2, 0.25) is 0 Å². The summed E-state index contributed by atoms with van der Waals surface area (Å²) in [6.07, 6.45) is 1.38. The molecule has 0 amide bonds. The molecule has 0 saturated carbocycles. The molecule has 12 heteroatoms. The van der Waals surface area contributed by atoms with Crippen molar-refractivity contribution in [2.45, 2.75) is 38.4 Å². The number of methoxy groups -OCH3 is 1. The van der Waals surface area contributed by atoms with Gasteiger partial charge in [0.25, 0.3) is 0 Å². The summed E-state index contributed by atoms with van der Waals surface area (Å²) in [4.78, 5) is 17.5. The number of anilines is 2. The fourth-order valence-electron chi connectivity index (χ4n) is 5.84. The van der Waals surface area contributed by atoms with E-state index in [1.807, 2.05) is 55.5 Å². The molecule has 45 heavy (non-hydrogen) atoms. The Bertz CT molecular complexity index is 1650. The highest BCUT2D eigenvalue weighted by atomic mass is 19.1. The minimum Gasteiger partial charge on any atom is -0.491 e. The molecular weight excluding hydrogens is 584 g/mol. The van der Waals surface area contributed by atoms with Crippen LogP contribution in [0.15, 0.2) is 77.9 Å². The standard InChI is InChI=1S/C33H37F2N5O5/c1-4-31(42-3)40-32(41)39(22-36-40)26-8-6-24(7-9-26)37-15-17-38(18-16-37)25-10-12-27(13-11-25)43-20-28-21-44-33(2,45-28)29-14-5-23(34)19-30(29)35/h5-14,19,22,28,31H,4,15-18,20-21H2,1-3H3. The van der Waals surface area contributed by atoms with Gasteiger partial charge in [-0.1, -0.05) is 6.92 Å². The number of benzene rings is 3. The molecule has 3 unspecified atom stereocenters. The molecule has 2 aliphatic heterocycles. The summed E-state index contributed by atoms with van der Waals surface area (Å²) < 4.78 is 53.5. The van der Waals surface area contributed by atoms with Crippen LogP contribution in [0.25, 0.3) is 5.69 Å². The molecule has 10 nitrogen and oxygen atoms in total. The first-order chi connectivity index (χ1) is 21.8. The van der Waals surface area contributed by atoms with Gasteiger partial charge in [0.05, 0.1) is 12.3 Å².